The molecule has 0 aliphatic carbocycles. The van der Waals surface area contributed by atoms with Crippen molar-refractivity contribution in [2.24, 2.45) is 4.99 Å². The van der Waals surface area contributed by atoms with Crippen molar-refractivity contribution in [3.05, 3.63) is 113 Å². The maximum atomic E-state index is 13.4. The standard InChI is InChI=1S/C30H31FN4OS/c1-20-7-6-8-24(15-20)30(23(4)34-21(2)17-32-18-22(3)37-5)36-28-13-14-29-25(16-28)19-33-35(29)27-11-9-26(31)10-12-27/h6-19,23,30,34H,2H2,1,3-5H3/b22-18-,32-17+/t23-,30-/m0/s1. The van der Waals surface area contributed by atoms with Crippen LogP contribution in [0.2, 0.25) is 0 Å². The van der Waals surface area contributed by atoms with E-state index in [0.717, 1.165) is 38.4 Å². The molecule has 0 aliphatic heterocycles. The van der Waals surface area contributed by atoms with Gasteiger partial charge in [-0.05, 0) is 80.0 Å². The summed E-state index contributed by atoms with van der Waals surface area (Å²) in [6, 6.07) is 20.4. The van der Waals surface area contributed by atoms with Crippen LogP contribution >= 0.6 is 11.8 Å². The van der Waals surface area contributed by atoms with Crippen LogP contribution in [-0.4, -0.2) is 28.3 Å². The van der Waals surface area contributed by atoms with E-state index in [4.69, 9.17) is 4.74 Å². The predicted octanol–water partition coefficient (Wildman–Crippen LogP) is 7.38. The Bertz CT molecular complexity index is 1440. The van der Waals surface area contributed by atoms with Gasteiger partial charge in [0.1, 0.15) is 17.7 Å². The van der Waals surface area contributed by atoms with Gasteiger partial charge >= 0.3 is 0 Å². The largest absolute Gasteiger partial charge is 0.484 e. The first-order valence-electron chi connectivity index (χ1n) is 12.0. The minimum absolute atomic E-state index is 0.0935. The average molecular weight is 515 g/mol. The van der Waals surface area contributed by atoms with E-state index in [2.05, 4.69) is 54.0 Å². The number of halogens is 1. The van der Waals surface area contributed by atoms with Crippen molar-refractivity contribution < 1.29 is 9.13 Å². The number of hydrogen-bond donors (Lipinski definition) is 1. The summed E-state index contributed by atoms with van der Waals surface area (Å²) in [5.74, 6) is 0.449. The second kappa shape index (κ2) is 11.9. The molecular weight excluding hydrogens is 483 g/mol. The van der Waals surface area contributed by atoms with Crippen LogP contribution in [0.3, 0.4) is 0 Å². The fourth-order valence-electron chi connectivity index (χ4n) is 4.02. The molecule has 0 aliphatic rings. The fourth-order valence-corrected chi connectivity index (χ4v) is 4.18. The van der Waals surface area contributed by atoms with Crippen LogP contribution in [0, 0.1) is 12.7 Å². The molecule has 2 atom stereocenters. The van der Waals surface area contributed by atoms with Crippen LogP contribution in [0.4, 0.5) is 4.39 Å². The molecule has 0 fully saturated rings. The van der Waals surface area contributed by atoms with Crippen LogP contribution in [0.5, 0.6) is 5.75 Å². The van der Waals surface area contributed by atoms with Crippen LogP contribution in [-0.2, 0) is 0 Å². The molecule has 0 saturated carbocycles. The molecule has 0 radical (unpaired) electrons. The number of aromatic nitrogens is 2. The Hall–Kier alpha value is -3.84. The van der Waals surface area contributed by atoms with Gasteiger partial charge in [0.05, 0.1) is 23.4 Å². The van der Waals surface area contributed by atoms with E-state index < -0.39 is 0 Å². The zero-order chi connectivity index (χ0) is 26.4. The third-order valence-electron chi connectivity index (χ3n) is 5.92. The van der Waals surface area contributed by atoms with Gasteiger partial charge in [0.2, 0.25) is 0 Å². The van der Waals surface area contributed by atoms with Gasteiger partial charge in [-0.2, -0.15) is 5.10 Å². The fraction of sp³-hybridized carbons (Fsp3) is 0.200. The van der Waals surface area contributed by atoms with Crippen LogP contribution < -0.4 is 10.1 Å². The molecule has 0 spiro atoms. The molecule has 1 N–H and O–H groups in total. The molecule has 0 amide bonds. The van der Waals surface area contributed by atoms with Gasteiger partial charge in [-0.1, -0.05) is 36.4 Å². The maximum Gasteiger partial charge on any atom is 0.143 e. The average Bonchev–Trinajstić information content (AvgIpc) is 3.30. The Kier molecular flexibility index (Phi) is 8.46. The van der Waals surface area contributed by atoms with Crippen LogP contribution in [0.1, 0.15) is 31.1 Å². The van der Waals surface area contributed by atoms with Crippen molar-refractivity contribution in [1.29, 1.82) is 0 Å². The summed E-state index contributed by atoms with van der Waals surface area (Å²) in [4.78, 5) is 5.47. The van der Waals surface area contributed by atoms with Crippen molar-refractivity contribution in [3.8, 4) is 11.4 Å². The molecule has 1 heterocycles. The number of allylic oxidation sites excluding steroid dienone is 2. The number of benzene rings is 3. The highest BCUT2D eigenvalue weighted by atomic mass is 32.2. The molecule has 0 unspecified atom stereocenters. The molecule has 0 saturated heterocycles. The molecule has 1 aromatic heterocycles. The number of nitrogens with zero attached hydrogens (tertiary/aromatic N) is 3. The Balaban J connectivity index is 1.58. The van der Waals surface area contributed by atoms with Gasteiger partial charge in [0.15, 0.2) is 0 Å². The molecule has 4 rings (SSSR count). The van der Waals surface area contributed by atoms with E-state index in [-0.39, 0.29) is 18.0 Å². The summed E-state index contributed by atoms with van der Waals surface area (Å²) < 4.78 is 21.7. The quantitative estimate of drug-likeness (QED) is 0.224. The van der Waals surface area contributed by atoms with Crippen molar-refractivity contribution in [3.63, 3.8) is 0 Å². The van der Waals surface area contributed by atoms with E-state index in [1.54, 1.807) is 41.0 Å². The summed E-state index contributed by atoms with van der Waals surface area (Å²) in [5, 5.41) is 8.85. The molecule has 7 heteroatoms. The van der Waals surface area contributed by atoms with E-state index in [1.807, 2.05) is 43.6 Å². The zero-order valence-corrected chi connectivity index (χ0v) is 22.3. The zero-order valence-electron chi connectivity index (χ0n) is 21.5. The minimum Gasteiger partial charge on any atom is -0.484 e. The summed E-state index contributed by atoms with van der Waals surface area (Å²) in [6.45, 7) is 10.3. The number of hydrogen-bond acceptors (Lipinski definition) is 5. The summed E-state index contributed by atoms with van der Waals surface area (Å²) in [7, 11) is 0. The smallest absolute Gasteiger partial charge is 0.143 e. The lowest BCUT2D eigenvalue weighted by Gasteiger charge is -2.27. The van der Waals surface area contributed by atoms with Gasteiger partial charge in [0, 0.05) is 23.5 Å². The number of aryl methyl sites for hydroxylation is 1. The van der Waals surface area contributed by atoms with Gasteiger partial charge in [-0.15, -0.1) is 11.8 Å². The highest BCUT2D eigenvalue weighted by molar-refractivity contribution is 8.02. The molecule has 0 bridgehead atoms. The van der Waals surface area contributed by atoms with E-state index >= 15 is 0 Å². The Morgan fingerprint density at radius 1 is 1.16 bits per heavy atom. The number of nitrogens with one attached hydrogen (secondary N) is 1. The highest BCUT2D eigenvalue weighted by Crippen LogP contribution is 2.29. The SMILES string of the molecule is C=C(/C=N/C=C(/C)SC)N[C@@H](C)[C@H](Oc1ccc2c(cnn2-c2ccc(F)cc2)c1)c1cccc(C)c1. The lowest BCUT2D eigenvalue weighted by atomic mass is 10.0. The maximum absolute atomic E-state index is 13.4. The van der Waals surface area contributed by atoms with Crippen molar-refractivity contribution in [2.45, 2.75) is 32.9 Å². The monoisotopic (exact) mass is 514 g/mol. The highest BCUT2D eigenvalue weighted by Gasteiger charge is 2.22. The number of ether oxygens (including phenoxy) is 1. The number of thioether (sulfide) groups is 1. The third-order valence-corrected chi connectivity index (χ3v) is 6.67. The number of fused-ring (bicyclic) bond motifs is 1. The predicted molar refractivity (Wildman–Crippen MR) is 153 cm³/mol. The van der Waals surface area contributed by atoms with Crippen LogP contribution in [0.15, 0.2) is 101 Å². The molecule has 4 aromatic rings. The van der Waals surface area contributed by atoms with Crippen LogP contribution in [0.25, 0.3) is 16.6 Å². The number of rotatable bonds is 10. The van der Waals surface area contributed by atoms with Gasteiger partial charge in [0.25, 0.3) is 0 Å². The first kappa shape index (κ1) is 26.2. The molecule has 3 aromatic carbocycles. The van der Waals surface area contributed by atoms with Crippen molar-refractivity contribution >= 4 is 28.9 Å². The van der Waals surface area contributed by atoms with Crippen molar-refractivity contribution in [2.75, 3.05) is 6.26 Å². The molecule has 5 nitrogen and oxygen atoms in total. The summed E-state index contributed by atoms with van der Waals surface area (Å²) >= 11 is 1.65. The van der Waals surface area contributed by atoms with Gasteiger partial charge < -0.3 is 10.1 Å². The van der Waals surface area contributed by atoms with E-state index in [1.165, 1.54) is 12.1 Å². The second-order valence-electron chi connectivity index (χ2n) is 8.89. The topological polar surface area (TPSA) is 51.4 Å². The van der Waals surface area contributed by atoms with Gasteiger partial charge in [-0.25, -0.2) is 9.07 Å². The van der Waals surface area contributed by atoms with Gasteiger partial charge in [-0.3, -0.25) is 4.99 Å². The number of aliphatic imine (C=N–C) groups is 1. The minimum atomic E-state index is -0.280. The molecular formula is C30H31FN4OS. The summed E-state index contributed by atoms with van der Waals surface area (Å²) in [6.07, 6.45) is 7.07. The molecule has 190 valence electrons. The van der Waals surface area contributed by atoms with Crippen molar-refractivity contribution in [1.82, 2.24) is 15.1 Å². The van der Waals surface area contributed by atoms with E-state index in [9.17, 15) is 4.39 Å². The Morgan fingerprint density at radius 2 is 1.95 bits per heavy atom. The molecule has 37 heavy (non-hydrogen) atoms. The Morgan fingerprint density at radius 3 is 2.68 bits per heavy atom. The first-order chi connectivity index (χ1) is 17.8. The van der Waals surface area contributed by atoms with E-state index in [0.29, 0.717) is 5.70 Å². The second-order valence-corrected chi connectivity index (χ2v) is 9.94. The lowest BCUT2D eigenvalue weighted by molar-refractivity contribution is 0.168. The normalized spacial score (nSPS) is 13.6. The third kappa shape index (κ3) is 6.68. The lowest BCUT2D eigenvalue weighted by Crippen LogP contribution is -2.34. The first-order valence-corrected chi connectivity index (χ1v) is 13.2. The Labute approximate surface area is 221 Å². The summed E-state index contributed by atoms with van der Waals surface area (Å²) in [5.41, 5.74) is 4.63.